The third kappa shape index (κ3) is 5.16. The molecule has 2 heterocycles. The lowest BCUT2D eigenvalue weighted by Gasteiger charge is -2.26. The molecule has 0 atom stereocenters. The second kappa shape index (κ2) is 9.99. The topological polar surface area (TPSA) is 113 Å². The highest BCUT2D eigenvalue weighted by Gasteiger charge is 2.19. The molecule has 0 radical (unpaired) electrons. The Hall–Kier alpha value is -3.16. The molecule has 4 rings (SSSR count). The first-order valence-corrected chi connectivity index (χ1v) is 12.7. The van der Waals surface area contributed by atoms with Crippen molar-refractivity contribution in [1.82, 2.24) is 9.47 Å². The van der Waals surface area contributed by atoms with Crippen LogP contribution in [0.1, 0.15) is 12.6 Å². The van der Waals surface area contributed by atoms with Crippen LogP contribution >= 0.6 is 0 Å². The number of morpholine rings is 1. The van der Waals surface area contributed by atoms with E-state index in [4.69, 9.17) is 9.88 Å². The molecule has 3 N–H and O–H groups in total. The van der Waals surface area contributed by atoms with E-state index < -0.39 is 14.9 Å². The summed E-state index contributed by atoms with van der Waals surface area (Å²) in [7, 11) is -2.24. The van der Waals surface area contributed by atoms with E-state index in [0.717, 1.165) is 67.1 Å². The van der Waals surface area contributed by atoms with Crippen LogP contribution in [0.5, 0.6) is 0 Å². The number of hydrogen-bond donors (Lipinski definition) is 2. The van der Waals surface area contributed by atoms with Crippen molar-refractivity contribution in [3.63, 3.8) is 0 Å². The molecule has 1 saturated heterocycles. The number of primary sulfonamides is 1. The van der Waals surface area contributed by atoms with Crippen LogP contribution in [-0.2, 0) is 21.8 Å². The van der Waals surface area contributed by atoms with E-state index in [-0.39, 0.29) is 0 Å². The molecular weight excluding hydrogens is 450 g/mol. The number of anilines is 1. The molecule has 1 aliphatic rings. The Bertz CT molecular complexity index is 1380. The number of allylic oxidation sites excluding steroid dienone is 2. The summed E-state index contributed by atoms with van der Waals surface area (Å²) in [6.07, 6.45) is 0. The lowest BCUT2D eigenvalue weighted by atomic mass is 10.0. The molecule has 0 aliphatic carbocycles. The zero-order chi connectivity index (χ0) is 24.3. The van der Waals surface area contributed by atoms with E-state index >= 15 is 0 Å². The zero-order valence-corrected chi connectivity index (χ0v) is 20.2. The van der Waals surface area contributed by atoms with E-state index in [0.29, 0.717) is 11.3 Å². The standard InChI is InChI=1S/C25H29N5O3S/c1-18(25(17-26)34(27,31)32)23-7-8-24(29(23)2)21-4-3-20-16-22(6-5-19(20)15-21)28-9-10-30-11-13-33-14-12-30/h3-8,15-16,28H,9-14H2,1-2H3,(H2,27,31,32)/b25-18+. The normalized spacial score (nSPS) is 15.7. The van der Waals surface area contributed by atoms with E-state index in [2.05, 4.69) is 40.5 Å². The predicted octanol–water partition coefficient (Wildman–Crippen LogP) is 3.13. The smallest absolute Gasteiger partial charge is 0.248 e. The van der Waals surface area contributed by atoms with Crippen molar-refractivity contribution < 1.29 is 13.2 Å². The monoisotopic (exact) mass is 479 g/mol. The van der Waals surface area contributed by atoms with Crippen LogP contribution in [0.4, 0.5) is 5.69 Å². The molecule has 1 fully saturated rings. The van der Waals surface area contributed by atoms with E-state index in [1.807, 2.05) is 23.7 Å². The van der Waals surface area contributed by atoms with Gasteiger partial charge in [-0.15, -0.1) is 0 Å². The van der Waals surface area contributed by atoms with Crippen molar-refractivity contribution >= 4 is 32.1 Å². The molecule has 1 aliphatic heterocycles. The molecule has 0 bridgehead atoms. The number of benzene rings is 2. The Morgan fingerprint density at radius 3 is 2.53 bits per heavy atom. The second-order valence-electron chi connectivity index (χ2n) is 8.43. The van der Waals surface area contributed by atoms with Crippen molar-refractivity contribution in [3.05, 3.63) is 59.1 Å². The fourth-order valence-corrected chi connectivity index (χ4v) is 5.01. The van der Waals surface area contributed by atoms with Gasteiger partial charge in [-0.1, -0.05) is 18.2 Å². The number of fused-ring (bicyclic) bond motifs is 1. The van der Waals surface area contributed by atoms with Gasteiger partial charge in [-0.2, -0.15) is 5.26 Å². The number of sulfonamides is 1. The molecule has 34 heavy (non-hydrogen) atoms. The number of nitrogens with two attached hydrogens (primary N) is 1. The minimum Gasteiger partial charge on any atom is -0.384 e. The summed E-state index contributed by atoms with van der Waals surface area (Å²) in [6, 6.07) is 18.0. The van der Waals surface area contributed by atoms with Gasteiger partial charge in [0, 0.05) is 55.9 Å². The summed E-state index contributed by atoms with van der Waals surface area (Å²) in [5, 5.41) is 20.2. The quantitative estimate of drug-likeness (QED) is 0.504. The SMILES string of the molecule is C/C(=C(/C#N)S(N)(=O)=O)c1ccc(-c2ccc3cc(NCCN4CCOCC4)ccc3c2)n1C. The summed E-state index contributed by atoms with van der Waals surface area (Å²) >= 11 is 0. The van der Waals surface area contributed by atoms with Crippen LogP contribution in [0.2, 0.25) is 0 Å². The van der Waals surface area contributed by atoms with Gasteiger partial charge in [0.1, 0.15) is 6.07 Å². The van der Waals surface area contributed by atoms with Gasteiger partial charge >= 0.3 is 0 Å². The predicted molar refractivity (Wildman–Crippen MR) is 135 cm³/mol. The zero-order valence-electron chi connectivity index (χ0n) is 19.4. The van der Waals surface area contributed by atoms with Crippen LogP contribution in [-0.4, -0.2) is 57.3 Å². The number of ether oxygens (including phenoxy) is 1. The fraction of sp³-hybridized carbons (Fsp3) is 0.320. The minimum atomic E-state index is -4.09. The first kappa shape index (κ1) is 24.0. The Balaban J connectivity index is 1.54. The lowest BCUT2D eigenvalue weighted by Crippen LogP contribution is -2.38. The minimum absolute atomic E-state index is 0.326. The molecule has 9 heteroatoms. The maximum atomic E-state index is 11.8. The molecule has 2 aromatic carbocycles. The Kier molecular flexibility index (Phi) is 7.05. The van der Waals surface area contributed by atoms with E-state index in [1.165, 1.54) is 0 Å². The molecule has 1 aromatic heterocycles. The Morgan fingerprint density at radius 2 is 1.82 bits per heavy atom. The summed E-state index contributed by atoms with van der Waals surface area (Å²) in [4.78, 5) is 1.98. The van der Waals surface area contributed by atoms with Crippen LogP contribution in [0.3, 0.4) is 0 Å². The second-order valence-corrected chi connectivity index (χ2v) is 9.93. The Labute approximate surface area is 200 Å². The highest BCUT2D eigenvalue weighted by atomic mass is 32.2. The summed E-state index contributed by atoms with van der Waals surface area (Å²) in [5.74, 6) is 0. The third-order valence-electron chi connectivity index (χ3n) is 6.23. The number of hydrogen-bond acceptors (Lipinski definition) is 6. The van der Waals surface area contributed by atoms with Crippen molar-refractivity contribution in [2.45, 2.75) is 6.92 Å². The van der Waals surface area contributed by atoms with Crippen molar-refractivity contribution in [2.75, 3.05) is 44.7 Å². The van der Waals surface area contributed by atoms with Crippen molar-refractivity contribution in [1.29, 1.82) is 5.26 Å². The molecule has 0 spiro atoms. The van der Waals surface area contributed by atoms with Gasteiger partial charge in [-0.05, 0) is 53.6 Å². The largest absolute Gasteiger partial charge is 0.384 e. The number of rotatable bonds is 7. The highest BCUT2D eigenvalue weighted by Crippen LogP contribution is 2.30. The highest BCUT2D eigenvalue weighted by molar-refractivity contribution is 7.93. The molecule has 0 unspecified atom stereocenters. The van der Waals surface area contributed by atoms with Gasteiger partial charge in [0.25, 0.3) is 0 Å². The maximum absolute atomic E-state index is 11.8. The first-order chi connectivity index (χ1) is 16.3. The molecule has 8 nitrogen and oxygen atoms in total. The van der Waals surface area contributed by atoms with Crippen LogP contribution < -0.4 is 10.5 Å². The van der Waals surface area contributed by atoms with E-state index in [1.54, 1.807) is 19.1 Å². The number of nitrogens with zero attached hydrogens (tertiary/aromatic N) is 3. The molecule has 3 aromatic rings. The third-order valence-corrected chi connectivity index (χ3v) is 7.20. The molecule has 178 valence electrons. The lowest BCUT2D eigenvalue weighted by molar-refractivity contribution is 0.0398. The van der Waals surface area contributed by atoms with Gasteiger partial charge in [0.05, 0.1) is 13.2 Å². The van der Waals surface area contributed by atoms with Gasteiger partial charge in [-0.25, -0.2) is 13.6 Å². The first-order valence-electron chi connectivity index (χ1n) is 11.2. The van der Waals surface area contributed by atoms with Crippen molar-refractivity contribution in [2.24, 2.45) is 12.2 Å². The number of aromatic nitrogens is 1. The Morgan fingerprint density at radius 1 is 1.12 bits per heavy atom. The average molecular weight is 480 g/mol. The van der Waals surface area contributed by atoms with E-state index in [9.17, 15) is 13.7 Å². The molecule has 0 amide bonds. The van der Waals surface area contributed by atoms with Crippen LogP contribution in [0.15, 0.2) is 53.4 Å². The fourth-order valence-electron chi connectivity index (χ4n) is 4.35. The molecular formula is C25H29N5O3S. The molecule has 0 saturated carbocycles. The van der Waals surface area contributed by atoms with Gasteiger partial charge in [0.2, 0.25) is 10.0 Å². The summed E-state index contributed by atoms with van der Waals surface area (Å²) < 4.78 is 30.8. The summed E-state index contributed by atoms with van der Waals surface area (Å²) in [5.41, 5.74) is 3.95. The maximum Gasteiger partial charge on any atom is 0.248 e. The van der Waals surface area contributed by atoms with Crippen LogP contribution in [0, 0.1) is 11.3 Å². The van der Waals surface area contributed by atoms with Gasteiger partial charge < -0.3 is 14.6 Å². The number of nitrogens with one attached hydrogen (secondary N) is 1. The van der Waals surface area contributed by atoms with Gasteiger partial charge in [-0.3, -0.25) is 4.90 Å². The van der Waals surface area contributed by atoms with Gasteiger partial charge in [0.15, 0.2) is 4.91 Å². The average Bonchev–Trinajstić information content (AvgIpc) is 3.20. The van der Waals surface area contributed by atoms with Crippen molar-refractivity contribution in [3.8, 4) is 17.3 Å². The number of nitriles is 1. The van der Waals surface area contributed by atoms with Crippen LogP contribution in [0.25, 0.3) is 27.6 Å². The summed E-state index contributed by atoms with van der Waals surface area (Å²) in [6.45, 7) is 7.05.